The molecule has 0 aliphatic heterocycles. The molecule has 1 N–H and O–H groups in total. The first-order valence-electron chi connectivity index (χ1n) is 7.91. The second-order valence-electron chi connectivity index (χ2n) is 6.15. The van der Waals surface area contributed by atoms with Crippen LogP contribution in [0.15, 0.2) is 12.4 Å². The van der Waals surface area contributed by atoms with Gasteiger partial charge in [0.1, 0.15) is 6.33 Å². The summed E-state index contributed by atoms with van der Waals surface area (Å²) in [6.45, 7) is 3.33. The molecule has 4 heteroatoms. The van der Waals surface area contributed by atoms with Crippen LogP contribution in [-0.2, 0) is 6.42 Å². The smallest absolute Gasteiger partial charge is 0.216 e. The molecule has 0 saturated heterocycles. The van der Waals surface area contributed by atoms with Crippen molar-refractivity contribution in [3.63, 3.8) is 0 Å². The molecule has 1 aromatic rings. The third-order valence-corrected chi connectivity index (χ3v) is 4.93. The molecular formula is C16H25N3O. The maximum Gasteiger partial charge on any atom is 0.216 e. The molecule has 1 aromatic heterocycles. The minimum Gasteiger partial charge on any atom is -0.481 e. The quantitative estimate of drug-likeness (QED) is 0.830. The number of nitrogens with zero attached hydrogens (tertiary/aromatic N) is 2. The van der Waals surface area contributed by atoms with Crippen LogP contribution in [-0.4, -0.2) is 29.7 Å². The van der Waals surface area contributed by atoms with Gasteiger partial charge in [-0.15, -0.1) is 0 Å². The second-order valence-corrected chi connectivity index (χ2v) is 6.15. The fourth-order valence-electron chi connectivity index (χ4n) is 3.97. The molecule has 0 aromatic carbocycles. The van der Waals surface area contributed by atoms with E-state index >= 15 is 0 Å². The van der Waals surface area contributed by atoms with Gasteiger partial charge in [-0.05, 0) is 43.6 Å². The lowest BCUT2D eigenvalue weighted by molar-refractivity contribution is 0.388. The summed E-state index contributed by atoms with van der Waals surface area (Å²) in [4.78, 5) is 8.50. The summed E-state index contributed by atoms with van der Waals surface area (Å²) >= 11 is 0. The van der Waals surface area contributed by atoms with Gasteiger partial charge in [0.2, 0.25) is 5.88 Å². The van der Waals surface area contributed by atoms with Gasteiger partial charge in [-0.3, -0.25) is 0 Å². The van der Waals surface area contributed by atoms with Crippen molar-refractivity contribution in [1.29, 1.82) is 0 Å². The van der Waals surface area contributed by atoms with Gasteiger partial charge in [0.15, 0.2) is 0 Å². The van der Waals surface area contributed by atoms with E-state index in [-0.39, 0.29) is 0 Å². The Kier molecular flexibility index (Phi) is 4.20. The normalized spacial score (nSPS) is 29.0. The predicted molar refractivity (Wildman–Crippen MR) is 78.7 cm³/mol. The number of hydrogen-bond donors (Lipinski definition) is 1. The number of rotatable bonds is 7. The highest BCUT2D eigenvalue weighted by Gasteiger charge is 2.55. The van der Waals surface area contributed by atoms with E-state index in [4.69, 9.17) is 4.74 Å². The molecular weight excluding hydrogens is 250 g/mol. The molecule has 4 nitrogen and oxygen atoms in total. The van der Waals surface area contributed by atoms with E-state index in [1.165, 1.54) is 25.7 Å². The molecule has 3 rings (SSSR count). The van der Waals surface area contributed by atoms with Gasteiger partial charge in [-0.25, -0.2) is 9.97 Å². The minimum atomic E-state index is 0.574. The monoisotopic (exact) mass is 275 g/mol. The fourth-order valence-corrected chi connectivity index (χ4v) is 3.97. The largest absolute Gasteiger partial charge is 0.481 e. The number of hydrogen-bond acceptors (Lipinski definition) is 4. The van der Waals surface area contributed by atoms with Crippen molar-refractivity contribution in [1.82, 2.24) is 15.3 Å². The molecule has 3 unspecified atom stereocenters. The summed E-state index contributed by atoms with van der Waals surface area (Å²) in [6, 6.07) is 2.54. The van der Waals surface area contributed by atoms with Gasteiger partial charge in [0, 0.05) is 24.2 Å². The average molecular weight is 275 g/mol. The number of nitrogens with one attached hydrogen (secondary N) is 1. The van der Waals surface area contributed by atoms with Crippen molar-refractivity contribution >= 4 is 0 Å². The molecule has 0 bridgehead atoms. The minimum absolute atomic E-state index is 0.574. The zero-order valence-corrected chi connectivity index (χ0v) is 12.5. The van der Waals surface area contributed by atoms with Crippen molar-refractivity contribution in [2.75, 3.05) is 13.7 Å². The van der Waals surface area contributed by atoms with Gasteiger partial charge in [-0.1, -0.05) is 13.3 Å². The number of methoxy groups -OCH3 is 1. The lowest BCUT2D eigenvalue weighted by Gasteiger charge is -2.20. The Hall–Kier alpha value is -1.16. The maximum absolute atomic E-state index is 5.20. The summed E-state index contributed by atoms with van der Waals surface area (Å²) < 4.78 is 5.20. The number of fused-ring (bicyclic) bond motifs is 1. The molecule has 0 radical (unpaired) electrons. The molecule has 3 atom stereocenters. The van der Waals surface area contributed by atoms with Crippen molar-refractivity contribution < 1.29 is 4.74 Å². The van der Waals surface area contributed by atoms with Gasteiger partial charge in [0.25, 0.3) is 0 Å². The van der Waals surface area contributed by atoms with E-state index in [9.17, 15) is 0 Å². The first-order chi connectivity index (χ1) is 9.83. The Balaban J connectivity index is 1.66. The van der Waals surface area contributed by atoms with Gasteiger partial charge in [0.05, 0.1) is 7.11 Å². The standard InChI is InChI=1S/C16H25N3O/c1-3-7-17-14(16-12-5-4-6-13(12)16)8-11-9-15(20-2)19-10-18-11/h9-10,12-14,16-17H,3-8H2,1-2H3. The highest BCUT2D eigenvalue weighted by Crippen LogP contribution is 2.59. The van der Waals surface area contributed by atoms with E-state index in [1.54, 1.807) is 13.4 Å². The van der Waals surface area contributed by atoms with Crippen LogP contribution in [0.5, 0.6) is 5.88 Å². The van der Waals surface area contributed by atoms with Crippen molar-refractivity contribution in [3.05, 3.63) is 18.1 Å². The van der Waals surface area contributed by atoms with Crippen LogP contribution in [0.25, 0.3) is 0 Å². The molecule has 2 fully saturated rings. The molecule has 2 aliphatic rings. The van der Waals surface area contributed by atoms with Crippen LogP contribution in [0.2, 0.25) is 0 Å². The predicted octanol–water partition coefficient (Wildman–Crippen LogP) is 2.44. The first kappa shape index (κ1) is 13.8. The summed E-state index contributed by atoms with van der Waals surface area (Å²) in [6.07, 6.45) is 8.11. The van der Waals surface area contributed by atoms with Crippen molar-refractivity contribution in [2.24, 2.45) is 17.8 Å². The van der Waals surface area contributed by atoms with Gasteiger partial charge < -0.3 is 10.1 Å². The van der Waals surface area contributed by atoms with E-state index in [0.717, 1.165) is 36.4 Å². The van der Waals surface area contributed by atoms with E-state index < -0.39 is 0 Å². The Morgan fingerprint density at radius 3 is 2.85 bits per heavy atom. The Bertz CT molecular complexity index is 441. The summed E-state index contributed by atoms with van der Waals surface area (Å²) in [5.74, 6) is 3.50. The van der Waals surface area contributed by atoms with Gasteiger partial charge >= 0.3 is 0 Å². The number of ether oxygens (including phenoxy) is 1. The molecule has 2 aliphatic carbocycles. The van der Waals surface area contributed by atoms with Crippen LogP contribution in [0, 0.1) is 17.8 Å². The third kappa shape index (κ3) is 2.80. The van der Waals surface area contributed by atoms with E-state index in [1.807, 2.05) is 6.07 Å². The molecule has 0 spiro atoms. The molecule has 2 saturated carbocycles. The van der Waals surface area contributed by atoms with Crippen molar-refractivity contribution in [3.8, 4) is 5.88 Å². The molecule has 1 heterocycles. The fraction of sp³-hybridized carbons (Fsp3) is 0.750. The van der Waals surface area contributed by atoms with Crippen LogP contribution in [0.3, 0.4) is 0 Å². The molecule has 20 heavy (non-hydrogen) atoms. The zero-order valence-electron chi connectivity index (χ0n) is 12.5. The topological polar surface area (TPSA) is 47.0 Å². The van der Waals surface area contributed by atoms with Crippen LogP contribution in [0.4, 0.5) is 0 Å². The highest BCUT2D eigenvalue weighted by molar-refractivity contribution is 5.16. The lowest BCUT2D eigenvalue weighted by Crippen LogP contribution is -2.35. The van der Waals surface area contributed by atoms with E-state index in [2.05, 4.69) is 22.2 Å². The maximum atomic E-state index is 5.20. The van der Waals surface area contributed by atoms with Crippen molar-refractivity contribution in [2.45, 2.75) is 45.1 Å². The Morgan fingerprint density at radius 2 is 2.15 bits per heavy atom. The average Bonchev–Trinajstić information content (AvgIpc) is 2.95. The first-order valence-corrected chi connectivity index (χ1v) is 7.91. The zero-order chi connectivity index (χ0) is 13.9. The van der Waals surface area contributed by atoms with Gasteiger partial charge in [-0.2, -0.15) is 0 Å². The molecule has 0 amide bonds. The lowest BCUT2D eigenvalue weighted by atomic mass is 9.99. The van der Waals surface area contributed by atoms with Crippen LogP contribution < -0.4 is 10.1 Å². The molecule has 110 valence electrons. The Morgan fingerprint density at radius 1 is 1.35 bits per heavy atom. The Labute approximate surface area is 121 Å². The number of aromatic nitrogens is 2. The van der Waals surface area contributed by atoms with E-state index in [0.29, 0.717) is 11.9 Å². The summed E-state index contributed by atoms with van der Waals surface area (Å²) in [5, 5.41) is 3.74. The summed E-state index contributed by atoms with van der Waals surface area (Å²) in [5.41, 5.74) is 1.09. The third-order valence-electron chi connectivity index (χ3n) is 4.93. The van der Waals surface area contributed by atoms with Crippen LogP contribution >= 0.6 is 0 Å². The highest BCUT2D eigenvalue weighted by atomic mass is 16.5. The SMILES string of the molecule is CCCNC(Cc1cc(OC)ncn1)C1C2CCCC21. The van der Waals surface area contributed by atoms with Crippen LogP contribution in [0.1, 0.15) is 38.3 Å². The summed E-state index contributed by atoms with van der Waals surface area (Å²) in [7, 11) is 1.66. The second kappa shape index (κ2) is 6.08.